The second kappa shape index (κ2) is 4.68. The summed E-state index contributed by atoms with van der Waals surface area (Å²) in [6.07, 6.45) is -2.91. The van der Waals surface area contributed by atoms with Crippen LogP contribution in [0.4, 0.5) is 8.78 Å². The van der Waals surface area contributed by atoms with Crippen molar-refractivity contribution in [1.82, 2.24) is 0 Å². The van der Waals surface area contributed by atoms with Crippen LogP contribution in [0.3, 0.4) is 0 Å². The summed E-state index contributed by atoms with van der Waals surface area (Å²) in [4.78, 5) is 10.7. The van der Waals surface area contributed by atoms with Crippen LogP contribution in [0.15, 0.2) is 12.1 Å². The fraction of sp³-hybridized carbons (Fsp3) is 0.200. The van der Waals surface area contributed by atoms with Crippen LogP contribution in [0.5, 0.6) is 0 Å². The number of nitrogens with zero attached hydrogens (tertiary/aromatic N) is 1. The van der Waals surface area contributed by atoms with Crippen LogP contribution in [0.25, 0.3) is 0 Å². The van der Waals surface area contributed by atoms with Gasteiger partial charge in [-0.05, 0) is 17.7 Å². The Kier molecular flexibility index (Phi) is 3.53. The highest BCUT2D eigenvalue weighted by Gasteiger charge is 2.20. The molecule has 0 aliphatic rings. The molecule has 0 aromatic heterocycles. The fourth-order valence-electron chi connectivity index (χ4n) is 1.30. The van der Waals surface area contributed by atoms with Gasteiger partial charge in [-0.15, -0.1) is 0 Å². The van der Waals surface area contributed by atoms with Crippen molar-refractivity contribution in [2.75, 3.05) is 0 Å². The van der Waals surface area contributed by atoms with Crippen molar-refractivity contribution in [3.8, 4) is 6.07 Å². The van der Waals surface area contributed by atoms with Gasteiger partial charge in [0.15, 0.2) is 0 Å². The minimum absolute atomic E-state index is 0.00398. The molecular formula is C10H8F2N2O2. The number of alkyl halides is 2. The molecule has 0 aliphatic carbocycles. The molecule has 0 unspecified atom stereocenters. The summed E-state index contributed by atoms with van der Waals surface area (Å²) in [5, 5.41) is 17.4. The number of carboxylic acids is 1. The van der Waals surface area contributed by atoms with Gasteiger partial charge in [-0.25, -0.2) is 13.6 Å². The van der Waals surface area contributed by atoms with Gasteiger partial charge in [0.1, 0.15) is 0 Å². The number of nitriles is 1. The predicted molar refractivity (Wildman–Crippen MR) is 51.0 cm³/mol. The van der Waals surface area contributed by atoms with Crippen molar-refractivity contribution in [2.24, 2.45) is 5.73 Å². The number of benzene rings is 1. The van der Waals surface area contributed by atoms with E-state index in [1.165, 1.54) is 0 Å². The SMILES string of the molecule is N#Cc1cc(C(=O)O)c(C(F)F)cc1CN. The van der Waals surface area contributed by atoms with E-state index < -0.39 is 23.5 Å². The molecule has 1 rings (SSSR count). The zero-order valence-corrected chi connectivity index (χ0v) is 8.08. The Morgan fingerprint density at radius 3 is 2.56 bits per heavy atom. The minimum atomic E-state index is -2.91. The molecule has 0 fully saturated rings. The maximum Gasteiger partial charge on any atom is 0.336 e. The minimum Gasteiger partial charge on any atom is -0.478 e. The van der Waals surface area contributed by atoms with Gasteiger partial charge in [0, 0.05) is 12.1 Å². The van der Waals surface area contributed by atoms with Crippen LogP contribution in [0, 0.1) is 11.3 Å². The second-order valence-corrected chi connectivity index (χ2v) is 3.02. The van der Waals surface area contributed by atoms with Gasteiger partial charge in [0.2, 0.25) is 0 Å². The standard InChI is InChI=1S/C10H8F2N2O2/c11-9(12)7-1-5(3-13)6(4-14)2-8(7)10(15)16/h1-2,9H,3,13H2,(H,15,16). The summed E-state index contributed by atoms with van der Waals surface area (Å²) in [6, 6.07) is 3.61. The van der Waals surface area contributed by atoms with Gasteiger partial charge < -0.3 is 10.8 Å². The van der Waals surface area contributed by atoms with Crippen molar-refractivity contribution < 1.29 is 18.7 Å². The molecule has 3 N–H and O–H groups in total. The molecule has 4 nitrogen and oxygen atoms in total. The van der Waals surface area contributed by atoms with Crippen LogP contribution >= 0.6 is 0 Å². The smallest absolute Gasteiger partial charge is 0.336 e. The molecule has 0 aliphatic heterocycles. The third-order valence-electron chi connectivity index (χ3n) is 2.08. The molecule has 0 saturated carbocycles. The van der Waals surface area contributed by atoms with Crippen molar-refractivity contribution in [3.05, 3.63) is 34.4 Å². The van der Waals surface area contributed by atoms with Gasteiger partial charge in [0.25, 0.3) is 6.43 Å². The molecule has 0 radical (unpaired) electrons. The molecule has 0 spiro atoms. The average molecular weight is 226 g/mol. The van der Waals surface area contributed by atoms with Crippen LogP contribution in [-0.4, -0.2) is 11.1 Å². The molecule has 0 atom stereocenters. The van der Waals surface area contributed by atoms with Crippen LogP contribution in [-0.2, 0) is 6.54 Å². The lowest BCUT2D eigenvalue weighted by atomic mass is 9.99. The summed E-state index contributed by atoms with van der Waals surface area (Å²) in [6.45, 7) is -0.0947. The zero-order valence-electron chi connectivity index (χ0n) is 8.08. The summed E-state index contributed by atoms with van der Waals surface area (Å²) >= 11 is 0. The number of aromatic carboxylic acids is 1. The summed E-state index contributed by atoms with van der Waals surface area (Å²) < 4.78 is 25.1. The number of rotatable bonds is 3. The fourth-order valence-corrected chi connectivity index (χ4v) is 1.30. The van der Waals surface area contributed by atoms with Crippen molar-refractivity contribution in [2.45, 2.75) is 13.0 Å². The first-order valence-corrected chi connectivity index (χ1v) is 4.29. The Bertz CT molecular complexity index is 467. The van der Waals surface area contributed by atoms with E-state index in [9.17, 15) is 13.6 Å². The van der Waals surface area contributed by atoms with Crippen LogP contribution < -0.4 is 5.73 Å². The van der Waals surface area contributed by atoms with Gasteiger partial charge in [-0.3, -0.25) is 0 Å². The third kappa shape index (κ3) is 2.15. The number of carbonyl (C=O) groups is 1. The zero-order chi connectivity index (χ0) is 12.3. The first-order chi connectivity index (χ1) is 7.51. The lowest BCUT2D eigenvalue weighted by Gasteiger charge is -2.09. The van der Waals surface area contributed by atoms with E-state index in [0.29, 0.717) is 0 Å². The number of carboxylic acid groups (broad SMARTS) is 1. The Labute approximate surface area is 89.9 Å². The van der Waals surface area contributed by atoms with Gasteiger partial charge in [-0.1, -0.05) is 0 Å². The number of hydrogen-bond acceptors (Lipinski definition) is 3. The van der Waals surface area contributed by atoms with E-state index >= 15 is 0 Å². The summed E-state index contributed by atoms with van der Waals surface area (Å²) in [5.41, 5.74) is 4.31. The van der Waals surface area contributed by atoms with Crippen LogP contribution in [0.1, 0.15) is 33.5 Å². The van der Waals surface area contributed by atoms with E-state index in [-0.39, 0.29) is 17.7 Å². The van der Waals surface area contributed by atoms with E-state index in [1.807, 2.05) is 0 Å². The molecule has 6 heteroatoms. The molecule has 1 aromatic carbocycles. The molecule has 16 heavy (non-hydrogen) atoms. The second-order valence-electron chi connectivity index (χ2n) is 3.02. The normalized spacial score (nSPS) is 10.2. The molecule has 84 valence electrons. The lowest BCUT2D eigenvalue weighted by Crippen LogP contribution is -2.08. The number of hydrogen-bond donors (Lipinski definition) is 2. The van der Waals surface area contributed by atoms with Gasteiger partial charge >= 0.3 is 5.97 Å². The highest BCUT2D eigenvalue weighted by Crippen LogP contribution is 2.26. The highest BCUT2D eigenvalue weighted by molar-refractivity contribution is 5.90. The molecule has 1 aromatic rings. The van der Waals surface area contributed by atoms with Crippen molar-refractivity contribution in [3.63, 3.8) is 0 Å². The Morgan fingerprint density at radius 2 is 2.19 bits per heavy atom. The monoisotopic (exact) mass is 226 g/mol. The maximum atomic E-state index is 12.6. The summed E-state index contributed by atoms with van der Waals surface area (Å²) in [5.74, 6) is -1.49. The molecule has 0 bridgehead atoms. The molecular weight excluding hydrogens is 218 g/mol. The maximum absolute atomic E-state index is 12.6. The third-order valence-corrected chi connectivity index (χ3v) is 2.08. The van der Waals surface area contributed by atoms with Crippen molar-refractivity contribution in [1.29, 1.82) is 5.26 Å². The first kappa shape index (κ1) is 12.1. The molecule has 0 amide bonds. The Balaban J connectivity index is 3.49. The first-order valence-electron chi connectivity index (χ1n) is 4.29. The van der Waals surface area contributed by atoms with Crippen molar-refractivity contribution >= 4 is 5.97 Å². The largest absolute Gasteiger partial charge is 0.478 e. The number of halogens is 2. The van der Waals surface area contributed by atoms with Gasteiger partial charge in [0.05, 0.1) is 17.2 Å². The molecule has 0 saturated heterocycles. The van der Waals surface area contributed by atoms with E-state index in [4.69, 9.17) is 16.1 Å². The average Bonchev–Trinajstić information content (AvgIpc) is 2.26. The Hall–Kier alpha value is -2.00. The van der Waals surface area contributed by atoms with E-state index in [1.54, 1.807) is 6.07 Å². The van der Waals surface area contributed by atoms with E-state index in [2.05, 4.69) is 0 Å². The lowest BCUT2D eigenvalue weighted by molar-refractivity contribution is 0.0684. The van der Waals surface area contributed by atoms with Crippen LogP contribution in [0.2, 0.25) is 0 Å². The Morgan fingerprint density at radius 1 is 1.56 bits per heavy atom. The van der Waals surface area contributed by atoms with Gasteiger partial charge in [-0.2, -0.15) is 5.26 Å². The predicted octanol–water partition coefficient (Wildman–Crippen LogP) is 1.65. The highest BCUT2D eigenvalue weighted by atomic mass is 19.3. The quantitative estimate of drug-likeness (QED) is 0.820. The topological polar surface area (TPSA) is 87.1 Å². The number of nitrogens with two attached hydrogens (primary N) is 1. The molecule has 0 heterocycles. The summed E-state index contributed by atoms with van der Waals surface area (Å²) in [7, 11) is 0. The van der Waals surface area contributed by atoms with E-state index in [0.717, 1.165) is 12.1 Å².